The summed E-state index contributed by atoms with van der Waals surface area (Å²) < 4.78 is 5.16. The van der Waals surface area contributed by atoms with Crippen LogP contribution < -0.4 is 21.3 Å². The quantitative estimate of drug-likeness (QED) is 0.545. The highest BCUT2D eigenvalue weighted by Crippen LogP contribution is 2.14. The largest absolute Gasteiger partial charge is 0.497 e. The lowest BCUT2D eigenvalue weighted by Crippen LogP contribution is -2.11. The predicted octanol–water partition coefficient (Wildman–Crippen LogP) is 1.38. The van der Waals surface area contributed by atoms with E-state index < -0.39 is 0 Å². The number of hydrazine groups is 1. The van der Waals surface area contributed by atoms with Gasteiger partial charge in [0, 0.05) is 12.7 Å². The number of ether oxygens (including phenoxy) is 1. The minimum Gasteiger partial charge on any atom is -0.497 e. The molecule has 0 aliphatic carbocycles. The van der Waals surface area contributed by atoms with E-state index >= 15 is 0 Å². The summed E-state index contributed by atoms with van der Waals surface area (Å²) in [5, 5.41) is 3.18. The van der Waals surface area contributed by atoms with Crippen molar-refractivity contribution in [3.63, 3.8) is 0 Å². The fraction of sp³-hybridized carbons (Fsp3) is 0.167. The topological polar surface area (TPSA) is 85.1 Å². The van der Waals surface area contributed by atoms with E-state index in [-0.39, 0.29) is 0 Å². The predicted molar refractivity (Wildman–Crippen MR) is 70.2 cm³/mol. The van der Waals surface area contributed by atoms with Gasteiger partial charge in [0.05, 0.1) is 7.11 Å². The summed E-state index contributed by atoms with van der Waals surface area (Å²) in [6.45, 7) is 0.651. The van der Waals surface area contributed by atoms with Crippen molar-refractivity contribution in [2.24, 2.45) is 5.84 Å². The molecule has 0 saturated heterocycles. The van der Waals surface area contributed by atoms with Crippen LogP contribution in [0.5, 0.6) is 5.75 Å². The van der Waals surface area contributed by atoms with Crippen LogP contribution in [0.15, 0.2) is 36.5 Å². The molecule has 6 nitrogen and oxygen atoms in total. The van der Waals surface area contributed by atoms with Crippen LogP contribution in [0, 0.1) is 0 Å². The van der Waals surface area contributed by atoms with Gasteiger partial charge in [-0.05, 0) is 23.8 Å². The lowest BCUT2D eigenvalue weighted by molar-refractivity contribution is 0.414. The summed E-state index contributed by atoms with van der Waals surface area (Å²) in [5.41, 5.74) is 3.51. The van der Waals surface area contributed by atoms with E-state index in [9.17, 15) is 0 Å². The Balaban J connectivity index is 2.01. The SMILES string of the molecule is COc1cccc(CNc2ccnc(NN)n2)c1. The molecule has 0 aliphatic heterocycles. The second-order valence-electron chi connectivity index (χ2n) is 3.61. The second-order valence-corrected chi connectivity index (χ2v) is 3.61. The highest BCUT2D eigenvalue weighted by atomic mass is 16.5. The number of hydrogen-bond acceptors (Lipinski definition) is 6. The molecule has 2 rings (SSSR count). The third-order valence-corrected chi connectivity index (χ3v) is 2.39. The molecule has 0 saturated carbocycles. The molecule has 1 heterocycles. The molecule has 0 amide bonds. The molecule has 0 aliphatic rings. The van der Waals surface area contributed by atoms with Gasteiger partial charge < -0.3 is 10.1 Å². The van der Waals surface area contributed by atoms with Crippen molar-refractivity contribution in [2.45, 2.75) is 6.54 Å². The van der Waals surface area contributed by atoms with Crippen molar-refractivity contribution in [3.05, 3.63) is 42.1 Å². The van der Waals surface area contributed by atoms with E-state index in [4.69, 9.17) is 10.6 Å². The lowest BCUT2D eigenvalue weighted by Gasteiger charge is -2.07. The standard InChI is InChI=1S/C12H15N5O/c1-18-10-4-2-3-9(7-10)8-15-11-5-6-14-12(16-11)17-13/h2-7H,8,13H2,1H3,(H2,14,15,16,17). The van der Waals surface area contributed by atoms with E-state index in [1.165, 1.54) is 0 Å². The molecule has 6 heteroatoms. The van der Waals surface area contributed by atoms with Crippen LogP contribution in [0.1, 0.15) is 5.56 Å². The maximum atomic E-state index is 5.24. The number of methoxy groups -OCH3 is 1. The Morgan fingerprint density at radius 1 is 1.33 bits per heavy atom. The number of nitrogen functional groups attached to an aromatic ring is 1. The first-order valence-corrected chi connectivity index (χ1v) is 5.48. The fourth-order valence-corrected chi connectivity index (χ4v) is 1.50. The van der Waals surface area contributed by atoms with Crippen LogP contribution >= 0.6 is 0 Å². The molecule has 0 spiro atoms. The highest BCUT2D eigenvalue weighted by Gasteiger charge is 1.99. The van der Waals surface area contributed by atoms with Crippen LogP contribution in [0.25, 0.3) is 0 Å². The number of aromatic nitrogens is 2. The molecule has 1 aromatic carbocycles. The Bertz CT molecular complexity index is 470. The molecule has 0 unspecified atom stereocenters. The van der Waals surface area contributed by atoms with Gasteiger partial charge in [-0.25, -0.2) is 10.8 Å². The molecule has 0 atom stereocenters. The first-order valence-electron chi connectivity index (χ1n) is 5.48. The van der Waals surface area contributed by atoms with E-state index in [0.29, 0.717) is 18.3 Å². The van der Waals surface area contributed by atoms with E-state index in [0.717, 1.165) is 11.3 Å². The zero-order chi connectivity index (χ0) is 12.8. The Hall–Kier alpha value is -2.34. The molecule has 2 aromatic rings. The van der Waals surface area contributed by atoms with E-state index in [2.05, 4.69) is 20.7 Å². The van der Waals surface area contributed by atoms with E-state index in [1.54, 1.807) is 19.4 Å². The molecule has 0 bridgehead atoms. The number of nitrogens with two attached hydrogens (primary N) is 1. The van der Waals surface area contributed by atoms with Crippen LogP contribution in [-0.4, -0.2) is 17.1 Å². The Morgan fingerprint density at radius 2 is 2.22 bits per heavy atom. The van der Waals surface area contributed by atoms with E-state index in [1.807, 2.05) is 24.3 Å². The maximum absolute atomic E-state index is 5.24. The summed E-state index contributed by atoms with van der Waals surface area (Å²) in [6.07, 6.45) is 1.64. The van der Waals surface area contributed by atoms with Gasteiger partial charge in [0.2, 0.25) is 5.95 Å². The molecular weight excluding hydrogens is 230 g/mol. The summed E-state index contributed by atoms with van der Waals surface area (Å²) in [6, 6.07) is 9.61. The number of anilines is 2. The number of benzene rings is 1. The van der Waals surface area contributed by atoms with Gasteiger partial charge in [0.1, 0.15) is 11.6 Å². The smallest absolute Gasteiger partial charge is 0.239 e. The molecule has 0 fully saturated rings. The Labute approximate surface area is 105 Å². The van der Waals surface area contributed by atoms with Crippen LogP contribution in [-0.2, 0) is 6.54 Å². The molecule has 18 heavy (non-hydrogen) atoms. The average molecular weight is 245 g/mol. The van der Waals surface area contributed by atoms with Crippen molar-refractivity contribution in [1.29, 1.82) is 0 Å². The highest BCUT2D eigenvalue weighted by molar-refractivity contribution is 5.40. The number of nitrogens with zero attached hydrogens (tertiary/aromatic N) is 2. The van der Waals surface area contributed by atoms with Gasteiger partial charge in [-0.3, -0.25) is 5.43 Å². The zero-order valence-electron chi connectivity index (χ0n) is 10.1. The van der Waals surface area contributed by atoms with Gasteiger partial charge >= 0.3 is 0 Å². The molecule has 1 aromatic heterocycles. The number of rotatable bonds is 5. The summed E-state index contributed by atoms with van der Waals surface area (Å²) in [7, 11) is 1.65. The first kappa shape index (κ1) is 12.1. The molecule has 0 radical (unpaired) electrons. The van der Waals surface area contributed by atoms with Gasteiger partial charge in [0.25, 0.3) is 0 Å². The lowest BCUT2D eigenvalue weighted by atomic mass is 10.2. The Kier molecular flexibility index (Phi) is 3.93. The van der Waals surface area contributed by atoms with Gasteiger partial charge in [-0.2, -0.15) is 4.98 Å². The Morgan fingerprint density at radius 3 is 3.00 bits per heavy atom. The minimum absolute atomic E-state index is 0.380. The van der Waals surface area contributed by atoms with Crippen LogP contribution in [0.4, 0.5) is 11.8 Å². The molecule has 4 N–H and O–H groups in total. The monoisotopic (exact) mass is 245 g/mol. The fourth-order valence-electron chi connectivity index (χ4n) is 1.50. The number of nitrogens with one attached hydrogen (secondary N) is 2. The third kappa shape index (κ3) is 3.08. The second kappa shape index (κ2) is 5.83. The minimum atomic E-state index is 0.380. The first-order chi connectivity index (χ1) is 8.81. The normalized spacial score (nSPS) is 9.89. The van der Waals surface area contributed by atoms with Gasteiger partial charge in [-0.15, -0.1) is 0 Å². The molecular formula is C12H15N5O. The van der Waals surface area contributed by atoms with Crippen LogP contribution in [0.3, 0.4) is 0 Å². The third-order valence-electron chi connectivity index (χ3n) is 2.39. The van der Waals surface area contributed by atoms with Crippen molar-refractivity contribution >= 4 is 11.8 Å². The summed E-state index contributed by atoms with van der Waals surface area (Å²) in [4.78, 5) is 8.09. The average Bonchev–Trinajstić information content (AvgIpc) is 2.45. The maximum Gasteiger partial charge on any atom is 0.239 e. The number of hydrogen-bond donors (Lipinski definition) is 3. The molecule has 94 valence electrons. The van der Waals surface area contributed by atoms with Crippen molar-refractivity contribution in [3.8, 4) is 5.75 Å². The van der Waals surface area contributed by atoms with Crippen LogP contribution in [0.2, 0.25) is 0 Å². The summed E-state index contributed by atoms with van der Waals surface area (Å²) >= 11 is 0. The van der Waals surface area contributed by atoms with Gasteiger partial charge in [0.15, 0.2) is 0 Å². The zero-order valence-corrected chi connectivity index (χ0v) is 10.1. The van der Waals surface area contributed by atoms with Gasteiger partial charge in [-0.1, -0.05) is 12.1 Å². The van der Waals surface area contributed by atoms with Crippen molar-refractivity contribution in [2.75, 3.05) is 17.9 Å². The van der Waals surface area contributed by atoms with Crippen molar-refractivity contribution < 1.29 is 4.74 Å². The van der Waals surface area contributed by atoms with Crippen molar-refractivity contribution in [1.82, 2.24) is 9.97 Å². The summed E-state index contributed by atoms with van der Waals surface area (Å²) in [5.74, 6) is 7.17.